The van der Waals surface area contributed by atoms with E-state index in [2.05, 4.69) is 5.10 Å². The summed E-state index contributed by atoms with van der Waals surface area (Å²) in [5.41, 5.74) is 1.87. The lowest BCUT2D eigenvalue weighted by atomic mass is 9.95. The van der Waals surface area contributed by atoms with Crippen molar-refractivity contribution in [2.24, 2.45) is 5.92 Å². The third-order valence-corrected chi connectivity index (χ3v) is 2.89. The van der Waals surface area contributed by atoms with Gasteiger partial charge in [0.25, 0.3) is 0 Å². The number of aliphatic carboxylic acids is 1. The highest BCUT2D eigenvalue weighted by Gasteiger charge is 2.23. The first-order chi connectivity index (χ1) is 8.50. The van der Waals surface area contributed by atoms with Gasteiger partial charge in [-0.1, -0.05) is 13.0 Å². The lowest BCUT2D eigenvalue weighted by molar-refractivity contribution is -0.137. The summed E-state index contributed by atoms with van der Waals surface area (Å²) in [4.78, 5) is 22.9. The van der Waals surface area contributed by atoms with E-state index in [4.69, 9.17) is 5.11 Å². The topological polar surface area (TPSA) is 71.7 Å². The molecule has 0 aliphatic carbocycles. The van der Waals surface area contributed by atoms with Crippen molar-refractivity contribution in [2.45, 2.75) is 20.3 Å². The number of fused-ring (bicyclic) bond motifs is 1. The molecule has 0 aromatic carbocycles. The van der Waals surface area contributed by atoms with Crippen LogP contribution in [-0.2, 0) is 4.79 Å². The second-order valence-electron chi connectivity index (χ2n) is 4.35. The van der Waals surface area contributed by atoms with Gasteiger partial charge in [0.2, 0.25) is 0 Å². The van der Waals surface area contributed by atoms with E-state index in [-0.39, 0.29) is 12.2 Å². The van der Waals surface area contributed by atoms with Gasteiger partial charge in [0, 0.05) is 12.1 Å². The van der Waals surface area contributed by atoms with Gasteiger partial charge in [-0.3, -0.25) is 9.59 Å². The minimum absolute atomic E-state index is 0.164. The summed E-state index contributed by atoms with van der Waals surface area (Å²) in [5.74, 6) is -1.68. The van der Waals surface area contributed by atoms with Gasteiger partial charge in [-0.05, 0) is 19.1 Å². The van der Waals surface area contributed by atoms with E-state index < -0.39 is 11.9 Å². The third-order valence-electron chi connectivity index (χ3n) is 2.89. The monoisotopic (exact) mass is 246 g/mol. The highest BCUT2D eigenvalue weighted by atomic mass is 16.4. The van der Waals surface area contributed by atoms with Crippen LogP contribution in [0.15, 0.2) is 24.4 Å². The molecule has 2 aromatic rings. The molecule has 94 valence electrons. The molecule has 0 spiro atoms. The molecule has 5 heteroatoms. The first-order valence-electron chi connectivity index (χ1n) is 5.70. The molecule has 0 saturated heterocycles. The molecule has 0 bridgehead atoms. The van der Waals surface area contributed by atoms with Crippen molar-refractivity contribution in [2.75, 3.05) is 0 Å². The van der Waals surface area contributed by atoms with Crippen molar-refractivity contribution in [3.8, 4) is 0 Å². The lowest BCUT2D eigenvalue weighted by Gasteiger charge is -2.07. The van der Waals surface area contributed by atoms with E-state index >= 15 is 0 Å². The maximum atomic E-state index is 12.3. The Morgan fingerprint density at radius 3 is 2.83 bits per heavy atom. The van der Waals surface area contributed by atoms with Gasteiger partial charge in [0.15, 0.2) is 5.78 Å². The zero-order chi connectivity index (χ0) is 13.3. The lowest BCUT2D eigenvalue weighted by Crippen LogP contribution is -2.16. The average molecular weight is 246 g/mol. The fourth-order valence-corrected chi connectivity index (χ4v) is 2.02. The van der Waals surface area contributed by atoms with Crippen LogP contribution < -0.4 is 0 Å². The van der Waals surface area contributed by atoms with Crippen LogP contribution in [0.25, 0.3) is 5.52 Å². The highest BCUT2D eigenvalue weighted by Crippen LogP contribution is 2.20. The highest BCUT2D eigenvalue weighted by molar-refractivity contribution is 6.05. The summed E-state index contributed by atoms with van der Waals surface area (Å²) >= 11 is 0. The summed E-state index contributed by atoms with van der Waals surface area (Å²) in [6.07, 6.45) is 1.60. The van der Waals surface area contributed by atoms with Crippen LogP contribution in [0.2, 0.25) is 0 Å². The standard InChI is InChI=1S/C13H14N2O3/c1-8(7-11(16)17)13(18)12-9(2)14-15-6-4-3-5-10(12)15/h3-6,8H,7H2,1-2H3,(H,16,17). The van der Waals surface area contributed by atoms with Crippen LogP contribution in [-0.4, -0.2) is 26.5 Å². The number of Topliss-reactive ketones (excluding diaryl/α,β-unsaturated/α-hetero) is 1. The van der Waals surface area contributed by atoms with Gasteiger partial charge in [0.05, 0.1) is 23.2 Å². The van der Waals surface area contributed by atoms with Crippen molar-refractivity contribution in [1.82, 2.24) is 9.61 Å². The summed E-state index contributed by atoms with van der Waals surface area (Å²) in [5, 5.41) is 13.0. The van der Waals surface area contributed by atoms with Crippen LogP contribution >= 0.6 is 0 Å². The van der Waals surface area contributed by atoms with Crippen LogP contribution in [0.3, 0.4) is 0 Å². The molecule has 1 atom stereocenters. The molecule has 0 amide bonds. The summed E-state index contributed by atoms with van der Waals surface area (Å²) in [7, 11) is 0. The second kappa shape index (κ2) is 4.60. The number of carbonyl (C=O) groups is 2. The molecule has 1 unspecified atom stereocenters. The van der Waals surface area contributed by atoms with E-state index in [0.29, 0.717) is 11.3 Å². The van der Waals surface area contributed by atoms with E-state index in [0.717, 1.165) is 5.52 Å². The van der Waals surface area contributed by atoms with Gasteiger partial charge >= 0.3 is 5.97 Å². The minimum Gasteiger partial charge on any atom is -0.481 e. The zero-order valence-electron chi connectivity index (χ0n) is 10.3. The molecule has 2 aromatic heterocycles. The summed E-state index contributed by atoms with van der Waals surface area (Å²) < 4.78 is 1.63. The van der Waals surface area contributed by atoms with E-state index in [1.165, 1.54) is 0 Å². The van der Waals surface area contributed by atoms with Gasteiger partial charge < -0.3 is 5.11 Å². The second-order valence-corrected chi connectivity index (χ2v) is 4.35. The Labute approximate surface area is 104 Å². The molecular weight excluding hydrogens is 232 g/mol. The first-order valence-corrected chi connectivity index (χ1v) is 5.70. The summed E-state index contributed by atoms with van der Waals surface area (Å²) in [6, 6.07) is 5.46. The van der Waals surface area contributed by atoms with Gasteiger partial charge in [-0.15, -0.1) is 0 Å². The smallest absolute Gasteiger partial charge is 0.304 e. The third kappa shape index (κ3) is 2.11. The summed E-state index contributed by atoms with van der Waals surface area (Å²) in [6.45, 7) is 3.38. The molecule has 5 nitrogen and oxygen atoms in total. The Morgan fingerprint density at radius 2 is 2.17 bits per heavy atom. The molecule has 0 radical (unpaired) electrons. The quantitative estimate of drug-likeness (QED) is 0.837. The predicted molar refractivity (Wildman–Crippen MR) is 65.7 cm³/mol. The molecule has 0 aliphatic heterocycles. The van der Waals surface area contributed by atoms with Crippen molar-refractivity contribution in [3.05, 3.63) is 35.7 Å². The fourth-order valence-electron chi connectivity index (χ4n) is 2.02. The molecule has 18 heavy (non-hydrogen) atoms. The molecular formula is C13H14N2O3. The maximum Gasteiger partial charge on any atom is 0.304 e. The first kappa shape index (κ1) is 12.3. The van der Waals surface area contributed by atoms with Gasteiger partial charge in [0.1, 0.15) is 0 Å². The molecule has 0 fully saturated rings. The van der Waals surface area contributed by atoms with E-state index in [9.17, 15) is 9.59 Å². The largest absolute Gasteiger partial charge is 0.481 e. The molecule has 2 rings (SSSR count). The van der Waals surface area contributed by atoms with Crippen LogP contribution in [0.4, 0.5) is 0 Å². The number of hydrogen-bond donors (Lipinski definition) is 1. The van der Waals surface area contributed by atoms with Crippen LogP contribution in [0.1, 0.15) is 29.4 Å². The Hall–Kier alpha value is -2.17. The Kier molecular flexibility index (Phi) is 3.14. The Bertz CT molecular complexity index is 616. The molecule has 0 aliphatic rings. The van der Waals surface area contributed by atoms with E-state index in [1.807, 2.05) is 12.1 Å². The number of ketones is 1. The van der Waals surface area contributed by atoms with Crippen molar-refractivity contribution < 1.29 is 14.7 Å². The van der Waals surface area contributed by atoms with Crippen LogP contribution in [0, 0.1) is 12.8 Å². The number of aryl methyl sites for hydroxylation is 1. The number of carboxylic acids is 1. The molecule has 2 heterocycles. The number of carboxylic acid groups (broad SMARTS) is 1. The van der Waals surface area contributed by atoms with E-state index in [1.54, 1.807) is 30.6 Å². The maximum absolute atomic E-state index is 12.3. The van der Waals surface area contributed by atoms with Crippen LogP contribution in [0.5, 0.6) is 0 Å². The van der Waals surface area contributed by atoms with Crippen molar-refractivity contribution in [3.63, 3.8) is 0 Å². The van der Waals surface area contributed by atoms with Gasteiger partial charge in [-0.25, -0.2) is 4.52 Å². The number of carbonyl (C=O) groups excluding carboxylic acids is 1. The average Bonchev–Trinajstić information content (AvgIpc) is 2.63. The van der Waals surface area contributed by atoms with Crippen molar-refractivity contribution >= 4 is 17.3 Å². The fraction of sp³-hybridized carbons (Fsp3) is 0.308. The Balaban J connectivity index is 2.44. The minimum atomic E-state index is -0.968. The number of rotatable bonds is 4. The number of nitrogens with zero attached hydrogens (tertiary/aromatic N) is 2. The number of hydrogen-bond acceptors (Lipinski definition) is 3. The number of pyridine rings is 1. The number of aromatic nitrogens is 2. The zero-order valence-corrected chi connectivity index (χ0v) is 10.3. The predicted octanol–water partition coefficient (Wildman–Crippen LogP) is 1.94. The van der Waals surface area contributed by atoms with Crippen molar-refractivity contribution in [1.29, 1.82) is 0 Å². The molecule has 1 N–H and O–H groups in total. The molecule has 0 saturated carbocycles. The van der Waals surface area contributed by atoms with Gasteiger partial charge in [-0.2, -0.15) is 5.10 Å². The Morgan fingerprint density at radius 1 is 1.44 bits per heavy atom. The normalized spacial score (nSPS) is 12.6. The SMILES string of the molecule is Cc1nn2ccccc2c1C(=O)C(C)CC(=O)O.